The summed E-state index contributed by atoms with van der Waals surface area (Å²) in [7, 11) is -3.76. The molecule has 1 aliphatic heterocycles. The highest BCUT2D eigenvalue weighted by Crippen LogP contribution is 2.44. The number of hydrogen-bond acceptors (Lipinski definition) is 6. The number of ether oxygens (including phenoxy) is 1. The molecule has 0 unspecified atom stereocenters. The van der Waals surface area contributed by atoms with Crippen LogP contribution >= 0.6 is 0 Å². The quantitative estimate of drug-likeness (QED) is 0.435. The first kappa shape index (κ1) is 26.8. The van der Waals surface area contributed by atoms with Crippen molar-refractivity contribution in [2.45, 2.75) is 69.0 Å². The molecule has 0 spiro atoms. The Morgan fingerprint density at radius 3 is 2.35 bits per heavy atom. The van der Waals surface area contributed by atoms with Crippen LogP contribution in [-0.4, -0.2) is 50.8 Å². The summed E-state index contributed by atoms with van der Waals surface area (Å²) in [5.41, 5.74) is 0.530. The minimum absolute atomic E-state index is 0.0292. The van der Waals surface area contributed by atoms with Gasteiger partial charge in [0.05, 0.1) is 11.0 Å². The molecular formula is C27H33N3O6S. The first-order valence-electron chi connectivity index (χ1n) is 12.5. The smallest absolute Gasteiger partial charge is 0.261 e. The number of benzene rings is 2. The predicted molar refractivity (Wildman–Crippen MR) is 138 cm³/mol. The molecule has 1 aliphatic carbocycles. The highest BCUT2D eigenvalue weighted by atomic mass is 32.2. The van der Waals surface area contributed by atoms with Crippen LogP contribution in [0.5, 0.6) is 0 Å². The molecule has 2 aliphatic rings. The van der Waals surface area contributed by atoms with Crippen molar-refractivity contribution >= 4 is 33.3 Å². The van der Waals surface area contributed by atoms with Gasteiger partial charge in [-0.3, -0.25) is 19.1 Å². The third kappa shape index (κ3) is 6.37. The van der Waals surface area contributed by atoms with E-state index >= 15 is 0 Å². The van der Waals surface area contributed by atoms with E-state index in [1.54, 1.807) is 18.2 Å². The van der Waals surface area contributed by atoms with Gasteiger partial charge in [-0.2, -0.15) is 0 Å². The molecule has 2 fully saturated rings. The maximum absolute atomic E-state index is 13.2. The zero-order chi connectivity index (χ0) is 26.6. The molecule has 1 heterocycles. The Bertz CT molecular complexity index is 1240. The van der Waals surface area contributed by atoms with Gasteiger partial charge in [-0.05, 0) is 67.5 Å². The lowest BCUT2D eigenvalue weighted by Crippen LogP contribution is -2.55. The van der Waals surface area contributed by atoms with Crippen LogP contribution in [0.1, 0.15) is 56.3 Å². The summed E-state index contributed by atoms with van der Waals surface area (Å²) in [5, 5.41) is 5.63. The predicted octanol–water partition coefficient (Wildman–Crippen LogP) is 3.03. The number of carbonyl (C=O) groups is 3. The number of amides is 2. The average Bonchev–Trinajstić information content (AvgIpc) is 3.22. The van der Waals surface area contributed by atoms with Crippen LogP contribution in [0.4, 0.5) is 5.69 Å². The van der Waals surface area contributed by atoms with E-state index in [9.17, 15) is 22.8 Å². The lowest BCUT2D eigenvalue weighted by atomic mass is 9.67. The zero-order valence-electron chi connectivity index (χ0n) is 21.0. The minimum atomic E-state index is -3.76. The van der Waals surface area contributed by atoms with E-state index in [4.69, 9.17) is 4.74 Å². The van der Waals surface area contributed by atoms with Crippen LogP contribution in [-0.2, 0) is 24.3 Å². The van der Waals surface area contributed by atoms with Gasteiger partial charge in [-0.1, -0.05) is 38.5 Å². The summed E-state index contributed by atoms with van der Waals surface area (Å²) in [5.74, 6) is -1.04. The highest BCUT2D eigenvalue weighted by molar-refractivity contribution is 7.92. The topological polar surface area (TPSA) is 131 Å². The lowest BCUT2D eigenvalue weighted by Gasteiger charge is -2.41. The first-order chi connectivity index (χ1) is 17.6. The molecule has 2 aromatic carbocycles. The van der Waals surface area contributed by atoms with Crippen LogP contribution in [0, 0.1) is 5.41 Å². The van der Waals surface area contributed by atoms with E-state index < -0.39 is 33.9 Å². The molecule has 198 valence electrons. The molecule has 9 nitrogen and oxygen atoms in total. The summed E-state index contributed by atoms with van der Waals surface area (Å²) < 4.78 is 33.1. The second-order valence-electron chi connectivity index (χ2n) is 10.1. The highest BCUT2D eigenvalue weighted by Gasteiger charge is 2.40. The SMILES string of the molecule is CC[C@@H]1OCC(=O)[C@H]1NC(=O)[C@H](CC1(C)CCC1)NC(=O)c1ccc(NS(=O)(=O)c2ccccc2)cc1. The number of nitrogens with one attached hydrogen (secondary N) is 3. The van der Waals surface area contributed by atoms with E-state index in [2.05, 4.69) is 22.3 Å². The average molecular weight is 528 g/mol. The third-order valence-corrected chi connectivity index (χ3v) is 8.59. The van der Waals surface area contributed by atoms with Crippen molar-refractivity contribution in [1.82, 2.24) is 10.6 Å². The van der Waals surface area contributed by atoms with Gasteiger partial charge in [0, 0.05) is 11.3 Å². The zero-order valence-corrected chi connectivity index (χ0v) is 21.8. The molecule has 2 amide bonds. The first-order valence-corrected chi connectivity index (χ1v) is 14.0. The Hall–Kier alpha value is -3.24. The van der Waals surface area contributed by atoms with Crippen molar-refractivity contribution in [1.29, 1.82) is 0 Å². The number of anilines is 1. The largest absolute Gasteiger partial charge is 0.368 e. The van der Waals surface area contributed by atoms with E-state index in [1.807, 2.05) is 6.92 Å². The van der Waals surface area contributed by atoms with Gasteiger partial charge >= 0.3 is 0 Å². The molecule has 0 aromatic heterocycles. The fourth-order valence-corrected chi connectivity index (χ4v) is 5.87. The molecule has 0 radical (unpaired) electrons. The van der Waals surface area contributed by atoms with Crippen LogP contribution < -0.4 is 15.4 Å². The Balaban J connectivity index is 1.44. The van der Waals surface area contributed by atoms with Gasteiger partial charge in [0.25, 0.3) is 15.9 Å². The lowest BCUT2D eigenvalue weighted by molar-refractivity contribution is -0.128. The monoisotopic (exact) mass is 527 g/mol. The van der Waals surface area contributed by atoms with Crippen molar-refractivity contribution in [3.63, 3.8) is 0 Å². The van der Waals surface area contributed by atoms with Gasteiger partial charge in [0.2, 0.25) is 5.91 Å². The molecule has 10 heteroatoms. The third-order valence-electron chi connectivity index (χ3n) is 7.19. The second-order valence-corrected chi connectivity index (χ2v) is 11.8. The number of rotatable bonds is 10. The van der Waals surface area contributed by atoms with Crippen LogP contribution in [0.2, 0.25) is 0 Å². The summed E-state index contributed by atoms with van der Waals surface area (Å²) in [6.07, 6.45) is 3.67. The van der Waals surface area contributed by atoms with Gasteiger partial charge < -0.3 is 15.4 Å². The molecule has 2 aromatic rings. The number of Topliss-reactive ketones (excluding diaryl/α,β-unsaturated/α-hetero) is 1. The molecular weight excluding hydrogens is 494 g/mol. The van der Waals surface area contributed by atoms with Crippen molar-refractivity contribution in [3.8, 4) is 0 Å². The van der Waals surface area contributed by atoms with Gasteiger partial charge in [0.1, 0.15) is 18.7 Å². The van der Waals surface area contributed by atoms with Crippen molar-refractivity contribution < 1.29 is 27.5 Å². The fourth-order valence-electron chi connectivity index (χ4n) is 4.79. The molecule has 0 bridgehead atoms. The number of ketones is 1. The van der Waals surface area contributed by atoms with Crippen LogP contribution in [0.15, 0.2) is 59.5 Å². The van der Waals surface area contributed by atoms with Gasteiger partial charge in [-0.25, -0.2) is 8.42 Å². The molecule has 1 saturated carbocycles. The molecule has 37 heavy (non-hydrogen) atoms. The van der Waals surface area contributed by atoms with Crippen molar-refractivity contribution in [2.75, 3.05) is 11.3 Å². The van der Waals surface area contributed by atoms with E-state index in [0.717, 1.165) is 19.3 Å². The summed E-state index contributed by atoms with van der Waals surface area (Å²) >= 11 is 0. The standard InChI is InChI=1S/C27H33N3O6S/c1-3-23-24(22(31)17-36-23)29-26(33)21(16-27(2)14-7-15-27)28-25(32)18-10-12-19(13-11-18)30-37(34,35)20-8-5-4-6-9-20/h4-6,8-13,21,23-24,30H,3,7,14-17H2,1-2H3,(H,28,32)(H,29,33)/t21-,23-,24+/m0/s1. The molecule has 3 N–H and O–H groups in total. The van der Waals surface area contributed by atoms with Crippen molar-refractivity contribution in [3.05, 3.63) is 60.2 Å². The van der Waals surface area contributed by atoms with Crippen molar-refractivity contribution in [2.24, 2.45) is 5.41 Å². The minimum Gasteiger partial charge on any atom is -0.368 e. The maximum Gasteiger partial charge on any atom is 0.261 e. The molecule has 4 rings (SSSR count). The van der Waals surface area contributed by atoms with E-state index in [1.165, 1.54) is 36.4 Å². The Kier molecular flexibility index (Phi) is 7.99. The summed E-state index contributed by atoms with van der Waals surface area (Å²) in [6.45, 7) is 3.95. The Labute approximate surface area is 217 Å². The number of sulfonamides is 1. The molecule has 3 atom stereocenters. The van der Waals surface area contributed by atoms with E-state index in [-0.39, 0.29) is 34.4 Å². The van der Waals surface area contributed by atoms with Gasteiger partial charge in [-0.15, -0.1) is 0 Å². The molecule has 1 saturated heterocycles. The Morgan fingerprint density at radius 1 is 1.08 bits per heavy atom. The van der Waals surface area contributed by atoms with E-state index in [0.29, 0.717) is 18.5 Å². The summed E-state index contributed by atoms with van der Waals surface area (Å²) in [6, 6.07) is 12.4. The normalized spacial score (nSPS) is 21.5. The number of carbonyl (C=O) groups excluding carboxylic acids is 3. The van der Waals surface area contributed by atoms with Crippen LogP contribution in [0.25, 0.3) is 0 Å². The maximum atomic E-state index is 13.2. The van der Waals surface area contributed by atoms with Crippen LogP contribution in [0.3, 0.4) is 0 Å². The fraction of sp³-hybridized carbons (Fsp3) is 0.444. The number of hydrogen-bond donors (Lipinski definition) is 3. The van der Waals surface area contributed by atoms with Gasteiger partial charge in [0.15, 0.2) is 5.78 Å². The Morgan fingerprint density at radius 2 is 1.76 bits per heavy atom. The second kappa shape index (κ2) is 11.0. The summed E-state index contributed by atoms with van der Waals surface area (Å²) in [4.78, 5) is 38.7.